The molecule has 0 spiro atoms. The standard InChI is InChI=1S/C30H30O3/c1-31-28-25(19-22-13-7-4-8-14-22)29(32-2)27(21-24-17-11-6-12-18-24)30(33-3)26(28)20-23-15-9-5-10-16-23/h4-18H,19-21H2,1-3H3. The molecule has 0 radical (unpaired) electrons. The topological polar surface area (TPSA) is 27.7 Å². The minimum atomic E-state index is 0.709. The Bertz CT molecular complexity index is 997. The maximum Gasteiger partial charge on any atom is 0.133 e. The van der Waals surface area contributed by atoms with E-state index in [1.807, 2.05) is 18.2 Å². The highest BCUT2D eigenvalue weighted by molar-refractivity contribution is 5.65. The first-order valence-corrected chi connectivity index (χ1v) is 11.2. The Morgan fingerprint density at radius 2 is 0.636 bits per heavy atom. The Hall–Kier alpha value is -3.72. The molecule has 0 aliphatic heterocycles. The fraction of sp³-hybridized carbons (Fsp3) is 0.200. The number of hydrogen-bond acceptors (Lipinski definition) is 3. The molecule has 0 unspecified atom stereocenters. The fourth-order valence-electron chi connectivity index (χ4n) is 4.48. The summed E-state index contributed by atoms with van der Waals surface area (Å²) < 4.78 is 18.2. The van der Waals surface area contributed by atoms with Crippen LogP contribution in [0.5, 0.6) is 17.2 Å². The zero-order chi connectivity index (χ0) is 23.0. The van der Waals surface area contributed by atoms with Crippen LogP contribution in [0.4, 0.5) is 0 Å². The van der Waals surface area contributed by atoms with Gasteiger partial charge in [0.1, 0.15) is 17.2 Å². The lowest BCUT2D eigenvalue weighted by atomic mass is 9.90. The van der Waals surface area contributed by atoms with E-state index in [1.165, 1.54) is 16.7 Å². The van der Waals surface area contributed by atoms with Crippen LogP contribution in [-0.2, 0) is 19.3 Å². The lowest BCUT2D eigenvalue weighted by Gasteiger charge is -2.24. The van der Waals surface area contributed by atoms with Gasteiger partial charge < -0.3 is 14.2 Å². The summed E-state index contributed by atoms with van der Waals surface area (Å²) in [6.45, 7) is 0. The smallest absolute Gasteiger partial charge is 0.133 e. The molecule has 0 aliphatic rings. The molecule has 0 fully saturated rings. The normalized spacial score (nSPS) is 10.6. The fourth-order valence-corrected chi connectivity index (χ4v) is 4.48. The Morgan fingerprint density at radius 1 is 0.394 bits per heavy atom. The lowest BCUT2D eigenvalue weighted by molar-refractivity contribution is 0.359. The van der Waals surface area contributed by atoms with Gasteiger partial charge in [-0.3, -0.25) is 0 Å². The molecular weight excluding hydrogens is 408 g/mol. The maximum atomic E-state index is 6.05. The van der Waals surface area contributed by atoms with Crippen LogP contribution in [0.15, 0.2) is 91.0 Å². The Kier molecular flexibility index (Phi) is 7.31. The van der Waals surface area contributed by atoms with Crippen LogP contribution in [0.3, 0.4) is 0 Å². The Morgan fingerprint density at radius 3 is 0.848 bits per heavy atom. The van der Waals surface area contributed by atoms with E-state index in [0.29, 0.717) is 19.3 Å². The van der Waals surface area contributed by atoms with Gasteiger partial charge in [0.05, 0.1) is 21.3 Å². The third-order valence-electron chi connectivity index (χ3n) is 5.93. The van der Waals surface area contributed by atoms with Crippen molar-refractivity contribution in [2.45, 2.75) is 19.3 Å². The molecule has 4 rings (SSSR count). The summed E-state index contributed by atoms with van der Waals surface area (Å²) >= 11 is 0. The van der Waals surface area contributed by atoms with Gasteiger partial charge in [-0.15, -0.1) is 0 Å². The average Bonchev–Trinajstić information content (AvgIpc) is 2.86. The van der Waals surface area contributed by atoms with E-state index in [-0.39, 0.29) is 0 Å². The van der Waals surface area contributed by atoms with Crippen molar-refractivity contribution < 1.29 is 14.2 Å². The van der Waals surface area contributed by atoms with Gasteiger partial charge in [0.15, 0.2) is 0 Å². The molecule has 0 aromatic heterocycles. The molecule has 0 heterocycles. The molecule has 0 saturated heterocycles. The zero-order valence-electron chi connectivity index (χ0n) is 19.5. The molecule has 0 saturated carbocycles. The van der Waals surface area contributed by atoms with Crippen LogP contribution in [0.1, 0.15) is 33.4 Å². The van der Waals surface area contributed by atoms with Crippen molar-refractivity contribution in [3.63, 3.8) is 0 Å². The van der Waals surface area contributed by atoms with Crippen LogP contribution in [0.25, 0.3) is 0 Å². The highest BCUT2D eigenvalue weighted by Crippen LogP contribution is 2.46. The van der Waals surface area contributed by atoms with Crippen molar-refractivity contribution in [2.75, 3.05) is 21.3 Å². The van der Waals surface area contributed by atoms with Crippen LogP contribution < -0.4 is 14.2 Å². The van der Waals surface area contributed by atoms with Crippen LogP contribution in [-0.4, -0.2) is 21.3 Å². The van der Waals surface area contributed by atoms with Crippen molar-refractivity contribution in [3.05, 3.63) is 124 Å². The summed E-state index contributed by atoms with van der Waals surface area (Å²) in [5.41, 5.74) is 6.75. The van der Waals surface area contributed by atoms with Crippen molar-refractivity contribution in [1.29, 1.82) is 0 Å². The first-order valence-electron chi connectivity index (χ1n) is 11.2. The predicted molar refractivity (Wildman–Crippen MR) is 134 cm³/mol. The van der Waals surface area contributed by atoms with Crippen molar-refractivity contribution in [3.8, 4) is 17.2 Å². The van der Waals surface area contributed by atoms with Gasteiger partial charge in [-0.05, 0) is 16.7 Å². The third-order valence-corrected chi connectivity index (χ3v) is 5.93. The van der Waals surface area contributed by atoms with Gasteiger partial charge in [-0.1, -0.05) is 91.0 Å². The summed E-state index contributed by atoms with van der Waals surface area (Å²) in [4.78, 5) is 0. The molecule has 0 N–H and O–H groups in total. The van der Waals surface area contributed by atoms with Crippen LogP contribution in [0, 0.1) is 0 Å². The number of methoxy groups -OCH3 is 3. The first kappa shape index (κ1) is 22.5. The summed E-state index contributed by atoms with van der Waals surface area (Å²) in [6, 6.07) is 31.3. The molecular formula is C30H30O3. The summed E-state index contributed by atoms with van der Waals surface area (Å²) in [7, 11) is 5.19. The van der Waals surface area contributed by atoms with E-state index in [2.05, 4.69) is 72.8 Å². The second-order valence-corrected chi connectivity index (χ2v) is 8.02. The minimum Gasteiger partial charge on any atom is -0.496 e. The summed E-state index contributed by atoms with van der Waals surface area (Å²) in [5.74, 6) is 2.48. The van der Waals surface area contributed by atoms with Gasteiger partial charge in [-0.2, -0.15) is 0 Å². The second kappa shape index (κ2) is 10.7. The van der Waals surface area contributed by atoms with Crippen LogP contribution in [0.2, 0.25) is 0 Å². The van der Waals surface area contributed by atoms with Crippen molar-refractivity contribution in [1.82, 2.24) is 0 Å². The molecule has 33 heavy (non-hydrogen) atoms. The second-order valence-electron chi connectivity index (χ2n) is 8.02. The number of hydrogen-bond donors (Lipinski definition) is 0. The molecule has 4 aromatic carbocycles. The molecule has 0 atom stereocenters. The average molecular weight is 439 g/mol. The largest absolute Gasteiger partial charge is 0.496 e. The summed E-state index contributed by atoms with van der Waals surface area (Å²) in [5, 5.41) is 0. The Balaban J connectivity index is 1.95. The minimum absolute atomic E-state index is 0.709. The number of ether oxygens (including phenoxy) is 3. The monoisotopic (exact) mass is 438 g/mol. The van der Waals surface area contributed by atoms with E-state index in [9.17, 15) is 0 Å². The van der Waals surface area contributed by atoms with Gasteiger partial charge in [0.25, 0.3) is 0 Å². The molecule has 0 aliphatic carbocycles. The van der Waals surface area contributed by atoms with E-state index < -0.39 is 0 Å². The van der Waals surface area contributed by atoms with Gasteiger partial charge in [0.2, 0.25) is 0 Å². The molecule has 0 bridgehead atoms. The number of benzene rings is 4. The molecule has 168 valence electrons. The molecule has 3 heteroatoms. The quantitative estimate of drug-likeness (QED) is 0.299. The highest BCUT2D eigenvalue weighted by atomic mass is 16.5. The van der Waals surface area contributed by atoms with Gasteiger partial charge >= 0.3 is 0 Å². The van der Waals surface area contributed by atoms with E-state index >= 15 is 0 Å². The highest BCUT2D eigenvalue weighted by Gasteiger charge is 2.26. The molecule has 3 nitrogen and oxygen atoms in total. The van der Waals surface area contributed by atoms with E-state index in [1.54, 1.807) is 21.3 Å². The van der Waals surface area contributed by atoms with Gasteiger partial charge in [0, 0.05) is 36.0 Å². The Labute approximate surface area is 196 Å². The molecule has 0 amide bonds. The van der Waals surface area contributed by atoms with Crippen molar-refractivity contribution in [2.24, 2.45) is 0 Å². The number of rotatable bonds is 9. The zero-order valence-corrected chi connectivity index (χ0v) is 19.5. The van der Waals surface area contributed by atoms with E-state index in [4.69, 9.17) is 14.2 Å². The SMILES string of the molecule is COc1c(Cc2ccccc2)c(OC)c(Cc2ccccc2)c(OC)c1Cc1ccccc1. The van der Waals surface area contributed by atoms with Crippen molar-refractivity contribution >= 4 is 0 Å². The lowest BCUT2D eigenvalue weighted by Crippen LogP contribution is -2.09. The molecule has 4 aromatic rings. The first-order chi connectivity index (χ1) is 16.2. The predicted octanol–water partition coefficient (Wildman–Crippen LogP) is 6.48. The van der Waals surface area contributed by atoms with E-state index in [0.717, 1.165) is 33.9 Å². The van der Waals surface area contributed by atoms with Gasteiger partial charge in [-0.25, -0.2) is 0 Å². The van der Waals surface area contributed by atoms with Crippen LogP contribution >= 0.6 is 0 Å². The third kappa shape index (κ3) is 5.04. The summed E-state index contributed by atoms with van der Waals surface area (Å²) in [6.07, 6.45) is 2.13. The maximum absolute atomic E-state index is 6.05.